The Balaban J connectivity index is 1.33. The van der Waals surface area contributed by atoms with Crippen LogP contribution in [0.5, 0.6) is 5.75 Å². The van der Waals surface area contributed by atoms with Crippen LogP contribution in [0.15, 0.2) is 36.4 Å². The van der Waals surface area contributed by atoms with E-state index in [-0.39, 0.29) is 0 Å². The Morgan fingerprint density at radius 1 is 0.962 bits per heavy atom. The van der Waals surface area contributed by atoms with Crippen molar-refractivity contribution < 1.29 is 4.74 Å². The molecule has 1 aliphatic heterocycles. The first-order valence-electron chi connectivity index (χ1n) is 9.18. The average Bonchev–Trinajstić information content (AvgIpc) is 3.47. The molecule has 3 aromatic rings. The second-order valence-electron chi connectivity index (χ2n) is 6.97. The van der Waals surface area contributed by atoms with Crippen molar-refractivity contribution in [1.82, 2.24) is 19.8 Å². The van der Waals surface area contributed by atoms with E-state index >= 15 is 0 Å². The van der Waals surface area contributed by atoms with Crippen LogP contribution < -0.4 is 14.5 Å². The Hall–Kier alpha value is -2.83. The van der Waals surface area contributed by atoms with Gasteiger partial charge in [0.15, 0.2) is 11.5 Å². The van der Waals surface area contributed by atoms with Crippen molar-refractivity contribution in [1.29, 1.82) is 0 Å². The Bertz CT molecular complexity index is 927. The summed E-state index contributed by atoms with van der Waals surface area (Å²) in [4.78, 5) is 4.73. The van der Waals surface area contributed by atoms with Crippen LogP contribution in [0.25, 0.3) is 5.65 Å². The molecule has 7 heteroatoms. The maximum Gasteiger partial charge on any atom is 0.178 e. The van der Waals surface area contributed by atoms with Crippen molar-refractivity contribution >= 4 is 17.2 Å². The number of hydrogen-bond acceptors (Lipinski definition) is 6. The molecule has 1 aromatic carbocycles. The molecular weight excluding hydrogens is 328 g/mol. The molecule has 1 saturated carbocycles. The summed E-state index contributed by atoms with van der Waals surface area (Å²) in [6, 6.07) is 12.3. The number of fused-ring (bicyclic) bond motifs is 1. The van der Waals surface area contributed by atoms with Gasteiger partial charge in [0.05, 0.1) is 7.11 Å². The molecule has 5 rings (SSSR count). The highest BCUT2D eigenvalue weighted by molar-refractivity contribution is 5.53. The molecule has 1 aliphatic carbocycles. The van der Waals surface area contributed by atoms with Gasteiger partial charge in [-0.25, -0.2) is 0 Å². The van der Waals surface area contributed by atoms with Crippen molar-refractivity contribution in [2.45, 2.75) is 18.8 Å². The van der Waals surface area contributed by atoms with Crippen molar-refractivity contribution in [2.24, 2.45) is 0 Å². The third-order valence-corrected chi connectivity index (χ3v) is 5.24. The van der Waals surface area contributed by atoms with E-state index in [1.54, 1.807) is 7.11 Å². The van der Waals surface area contributed by atoms with Gasteiger partial charge in [0.1, 0.15) is 11.6 Å². The molecule has 0 atom stereocenters. The molecule has 3 heterocycles. The summed E-state index contributed by atoms with van der Waals surface area (Å²) in [5.41, 5.74) is 2.05. The van der Waals surface area contributed by atoms with E-state index in [1.165, 1.54) is 18.5 Å². The number of aromatic nitrogens is 4. The number of methoxy groups -OCH3 is 1. The quantitative estimate of drug-likeness (QED) is 0.720. The van der Waals surface area contributed by atoms with E-state index in [0.717, 1.165) is 49.2 Å². The van der Waals surface area contributed by atoms with Crippen LogP contribution in [0.1, 0.15) is 24.6 Å². The topological polar surface area (TPSA) is 58.8 Å². The van der Waals surface area contributed by atoms with Gasteiger partial charge in [-0.2, -0.15) is 4.52 Å². The summed E-state index contributed by atoms with van der Waals surface area (Å²) in [7, 11) is 1.71. The Morgan fingerprint density at radius 3 is 2.54 bits per heavy atom. The van der Waals surface area contributed by atoms with Gasteiger partial charge in [-0.05, 0) is 37.1 Å². The molecule has 0 spiro atoms. The average molecular weight is 350 g/mol. The van der Waals surface area contributed by atoms with Crippen LogP contribution in [0.4, 0.5) is 11.5 Å². The predicted octanol–water partition coefficient (Wildman–Crippen LogP) is 2.34. The number of piperazine rings is 1. The third kappa shape index (κ3) is 2.73. The SMILES string of the molecule is COc1cccc(N2CCN(c3ccc4nnc(C5CC5)n4n3)CC2)c1. The van der Waals surface area contributed by atoms with Gasteiger partial charge in [0.2, 0.25) is 0 Å². The number of anilines is 2. The van der Waals surface area contributed by atoms with E-state index < -0.39 is 0 Å². The number of ether oxygens (including phenoxy) is 1. The first-order chi connectivity index (χ1) is 12.8. The fourth-order valence-electron chi connectivity index (χ4n) is 3.56. The summed E-state index contributed by atoms with van der Waals surface area (Å²) in [6.45, 7) is 3.81. The zero-order valence-electron chi connectivity index (χ0n) is 14.9. The highest BCUT2D eigenvalue weighted by atomic mass is 16.5. The van der Waals surface area contributed by atoms with Gasteiger partial charge in [-0.1, -0.05) is 6.07 Å². The minimum atomic E-state index is 0.539. The molecule has 1 saturated heterocycles. The van der Waals surface area contributed by atoms with Gasteiger partial charge in [0, 0.05) is 43.9 Å². The molecule has 0 amide bonds. The van der Waals surface area contributed by atoms with Gasteiger partial charge >= 0.3 is 0 Å². The summed E-state index contributed by atoms with van der Waals surface area (Å²) < 4.78 is 7.28. The zero-order valence-corrected chi connectivity index (χ0v) is 14.9. The highest BCUT2D eigenvalue weighted by Crippen LogP contribution is 2.38. The van der Waals surface area contributed by atoms with E-state index in [4.69, 9.17) is 9.84 Å². The maximum atomic E-state index is 5.34. The van der Waals surface area contributed by atoms with Crippen LogP contribution in [0.3, 0.4) is 0 Å². The molecule has 2 fully saturated rings. The lowest BCUT2D eigenvalue weighted by molar-refractivity contribution is 0.414. The van der Waals surface area contributed by atoms with Crippen molar-refractivity contribution in [3.63, 3.8) is 0 Å². The molecular formula is C19H22N6O. The lowest BCUT2D eigenvalue weighted by Gasteiger charge is -2.36. The molecule has 0 unspecified atom stereocenters. The molecule has 0 N–H and O–H groups in total. The second-order valence-corrected chi connectivity index (χ2v) is 6.97. The smallest absolute Gasteiger partial charge is 0.178 e. The van der Waals surface area contributed by atoms with Crippen LogP contribution in [-0.2, 0) is 0 Å². The maximum absolute atomic E-state index is 5.34. The second kappa shape index (κ2) is 6.16. The largest absolute Gasteiger partial charge is 0.497 e. The lowest BCUT2D eigenvalue weighted by Crippen LogP contribution is -2.47. The summed E-state index contributed by atoms with van der Waals surface area (Å²) in [5, 5.41) is 13.4. The zero-order chi connectivity index (χ0) is 17.5. The summed E-state index contributed by atoms with van der Waals surface area (Å²) >= 11 is 0. The van der Waals surface area contributed by atoms with E-state index in [2.05, 4.69) is 38.2 Å². The first-order valence-corrected chi connectivity index (χ1v) is 9.18. The van der Waals surface area contributed by atoms with Crippen LogP contribution >= 0.6 is 0 Å². The van der Waals surface area contributed by atoms with Gasteiger partial charge in [-0.15, -0.1) is 15.3 Å². The molecule has 2 aromatic heterocycles. The fraction of sp³-hybridized carbons (Fsp3) is 0.421. The molecule has 0 bridgehead atoms. The minimum absolute atomic E-state index is 0.539. The summed E-state index contributed by atoms with van der Waals surface area (Å²) in [5.74, 6) is 3.45. The van der Waals surface area contributed by atoms with Crippen LogP contribution in [-0.4, -0.2) is 53.1 Å². The monoisotopic (exact) mass is 350 g/mol. The Labute approximate surface area is 152 Å². The van der Waals surface area contributed by atoms with Crippen LogP contribution in [0, 0.1) is 0 Å². The molecule has 7 nitrogen and oxygen atoms in total. The van der Waals surface area contributed by atoms with Crippen molar-refractivity contribution in [2.75, 3.05) is 43.1 Å². The standard InChI is InChI=1S/C19H22N6O/c1-26-16-4-2-3-15(13-16)23-9-11-24(12-10-23)18-8-7-17-20-21-19(14-5-6-14)25(17)22-18/h2-4,7-8,13-14H,5-6,9-12H2,1H3. The minimum Gasteiger partial charge on any atom is -0.497 e. The van der Waals surface area contributed by atoms with Gasteiger partial charge in [0.25, 0.3) is 0 Å². The van der Waals surface area contributed by atoms with Crippen molar-refractivity contribution in [3.05, 3.63) is 42.2 Å². The first kappa shape index (κ1) is 15.4. The molecule has 134 valence electrons. The predicted molar refractivity (Wildman–Crippen MR) is 100 cm³/mol. The van der Waals surface area contributed by atoms with E-state index in [9.17, 15) is 0 Å². The van der Waals surface area contributed by atoms with E-state index in [1.807, 2.05) is 22.7 Å². The van der Waals surface area contributed by atoms with Gasteiger partial charge < -0.3 is 14.5 Å². The number of benzene rings is 1. The Morgan fingerprint density at radius 2 is 1.77 bits per heavy atom. The van der Waals surface area contributed by atoms with Crippen molar-refractivity contribution in [3.8, 4) is 5.75 Å². The fourth-order valence-corrected chi connectivity index (χ4v) is 3.56. The molecule has 2 aliphatic rings. The molecule has 0 radical (unpaired) electrons. The number of nitrogens with zero attached hydrogens (tertiary/aromatic N) is 6. The third-order valence-electron chi connectivity index (χ3n) is 5.24. The van der Waals surface area contributed by atoms with E-state index in [0.29, 0.717) is 5.92 Å². The number of rotatable bonds is 4. The highest BCUT2D eigenvalue weighted by Gasteiger charge is 2.29. The Kier molecular flexibility index (Phi) is 3.65. The number of hydrogen-bond donors (Lipinski definition) is 0. The molecule has 26 heavy (non-hydrogen) atoms. The lowest BCUT2D eigenvalue weighted by atomic mass is 10.2. The normalized spacial score (nSPS) is 17.7. The summed E-state index contributed by atoms with van der Waals surface area (Å²) in [6.07, 6.45) is 2.40. The van der Waals surface area contributed by atoms with Gasteiger partial charge in [-0.3, -0.25) is 0 Å². The van der Waals surface area contributed by atoms with Crippen LogP contribution in [0.2, 0.25) is 0 Å².